The summed E-state index contributed by atoms with van der Waals surface area (Å²) in [6.07, 6.45) is 5.17. The number of nitrogens with two attached hydrogens (primary N) is 1. The lowest BCUT2D eigenvalue weighted by Gasteiger charge is -2.24. The van der Waals surface area contributed by atoms with Crippen LogP contribution in [0.3, 0.4) is 0 Å². The highest BCUT2D eigenvalue weighted by atomic mass is 16.5. The number of aromatic nitrogens is 4. The standard InChI is InChI=1S/C14H19N5O/c1-20-13-8-11(7-12(15)9-13)14-16-17-18-19(14)6-5-10-3-2-4-10/h7-10H,2-6,15H2,1H3. The summed E-state index contributed by atoms with van der Waals surface area (Å²) in [4.78, 5) is 0. The molecule has 0 radical (unpaired) electrons. The Morgan fingerprint density at radius 3 is 2.90 bits per heavy atom. The van der Waals surface area contributed by atoms with Gasteiger partial charge < -0.3 is 10.5 Å². The van der Waals surface area contributed by atoms with Crippen molar-refractivity contribution in [3.8, 4) is 17.1 Å². The third-order valence-corrected chi connectivity index (χ3v) is 3.93. The van der Waals surface area contributed by atoms with Crippen molar-refractivity contribution in [1.29, 1.82) is 0 Å². The number of anilines is 1. The minimum atomic E-state index is 0.646. The second-order valence-corrected chi connectivity index (χ2v) is 5.31. The third-order valence-electron chi connectivity index (χ3n) is 3.93. The van der Waals surface area contributed by atoms with Crippen LogP contribution in [0.5, 0.6) is 5.75 Å². The van der Waals surface area contributed by atoms with Gasteiger partial charge in [0.15, 0.2) is 5.82 Å². The summed E-state index contributed by atoms with van der Waals surface area (Å²) in [7, 11) is 1.62. The Labute approximate surface area is 117 Å². The number of hydrogen-bond donors (Lipinski definition) is 1. The number of aryl methyl sites for hydroxylation is 1. The van der Waals surface area contributed by atoms with Crippen molar-refractivity contribution in [1.82, 2.24) is 20.2 Å². The lowest BCUT2D eigenvalue weighted by Crippen LogP contribution is -2.15. The Hall–Kier alpha value is -2.11. The molecule has 2 N–H and O–H groups in total. The predicted octanol–water partition coefficient (Wildman–Crippen LogP) is 2.12. The number of hydrogen-bond acceptors (Lipinski definition) is 5. The molecule has 0 bridgehead atoms. The normalized spacial score (nSPS) is 15.1. The third kappa shape index (κ3) is 2.59. The molecule has 3 rings (SSSR count). The molecule has 0 amide bonds. The van der Waals surface area contributed by atoms with Crippen molar-refractivity contribution in [3.63, 3.8) is 0 Å². The average Bonchev–Trinajstić information content (AvgIpc) is 2.84. The van der Waals surface area contributed by atoms with Crippen LogP contribution in [0.15, 0.2) is 18.2 Å². The van der Waals surface area contributed by atoms with Crippen LogP contribution >= 0.6 is 0 Å². The Morgan fingerprint density at radius 1 is 1.35 bits per heavy atom. The number of benzene rings is 1. The molecule has 1 heterocycles. The smallest absolute Gasteiger partial charge is 0.182 e. The molecule has 1 fully saturated rings. The van der Waals surface area contributed by atoms with E-state index in [-0.39, 0.29) is 0 Å². The number of ether oxygens (including phenoxy) is 1. The second-order valence-electron chi connectivity index (χ2n) is 5.31. The molecule has 106 valence electrons. The fourth-order valence-corrected chi connectivity index (χ4v) is 2.52. The minimum Gasteiger partial charge on any atom is -0.497 e. The summed E-state index contributed by atoms with van der Waals surface area (Å²) < 4.78 is 7.09. The molecule has 0 unspecified atom stereocenters. The molecule has 2 aromatic rings. The van der Waals surface area contributed by atoms with Gasteiger partial charge in [0, 0.05) is 23.9 Å². The van der Waals surface area contributed by atoms with E-state index in [9.17, 15) is 0 Å². The summed E-state index contributed by atoms with van der Waals surface area (Å²) in [6.45, 7) is 0.851. The van der Waals surface area contributed by atoms with Crippen molar-refractivity contribution in [2.24, 2.45) is 5.92 Å². The topological polar surface area (TPSA) is 78.8 Å². The van der Waals surface area contributed by atoms with Gasteiger partial charge >= 0.3 is 0 Å². The molecule has 1 aromatic carbocycles. The number of rotatable bonds is 5. The number of methoxy groups -OCH3 is 1. The largest absolute Gasteiger partial charge is 0.497 e. The average molecular weight is 273 g/mol. The maximum atomic E-state index is 5.89. The fraction of sp³-hybridized carbons (Fsp3) is 0.500. The first-order valence-corrected chi connectivity index (χ1v) is 6.97. The van der Waals surface area contributed by atoms with Crippen LogP contribution in [0.1, 0.15) is 25.7 Å². The zero-order valence-corrected chi connectivity index (χ0v) is 11.6. The first-order valence-electron chi connectivity index (χ1n) is 6.97. The molecule has 0 saturated heterocycles. The van der Waals surface area contributed by atoms with Crippen LogP contribution in [0, 0.1) is 5.92 Å². The number of nitrogen functional groups attached to an aromatic ring is 1. The van der Waals surface area contributed by atoms with E-state index in [0.717, 1.165) is 30.3 Å². The molecular weight excluding hydrogens is 254 g/mol. The lowest BCUT2D eigenvalue weighted by molar-refractivity contribution is 0.277. The Balaban J connectivity index is 1.82. The van der Waals surface area contributed by atoms with E-state index in [1.165, 1.54) is 19.3 Å². The first kappa shape index (κ1) is 12.9. The highest BCUT2D eigenvalue weighted by Crippen LogP contribution is 2.30. The van der Waals surface area contributed by atoms with E-state index in [1.807, 2.05) is 16.8 Å². The van der Waals surface area contributed by atoms with Crippen LogP contribution in [0.4, 0.5) is 5.69 Å². The molecule has 1 aliphatic carbocycles. The fourth-order valence-electron chi connectivity index (χ4n) is 2.52. The second kappa shape index (κ2) is 5.48. The van der Waals surface area contributed by atoms with Gasteiger partial charge in [0.2, 0.25) is 0 Å². The molecule has 20 heavy (non-hydrogen) atoms. The van der Waals surface area contributed by atoms with E-state index in [1.54, 1.807) is 13.2 Å². The van der Waals surface area contributed by atoms with Crippen molar-refractivity contribution >= 4 is 5.69 Å². The van der Waals surface area contributed by atoms with Crippen LogP contribution < -0.4 is 10.5 Å². The highest BCUT2D eigenvalue weighted by molar-refractivity contribution is 5.64. The minimum absolute atomic E-state index is 0.646. The van der Waals surface area contributed by atoms with E-state index < -0.39 is 0 Å². The molecule has 0 atom stereocenters. The van der Waals surface area contributed by atoms with Crippen molar-refractivity contribution in [3.05, 3.63) is 18.2 Å². The van der Waals surface area contributed by atoms with Crippen LogP contribution in [0.25, 0.3) is 11.4 Å². The van der Waals surface area contributed by atoms with E-state index in [2.05, 4.69) is 15.5 Å². The summed E-state index contributed by atoms with van der Waals surface area (Å²) in [5.74, 6) is 2.30. The van der Waals surface area contributed by atoms with E-state index in [0.29, 0.717) is 11.4 Å². The van der Waals surface area contributed by atoms with Crippen LogP contribution in [0.2, 0.25) is 0 Å². The molecule has 1 aromatic heterocycles. The van der Waals surface area contributed by atoms with Gasteiger partial charge in [0.05, 0.1) is 7.11 Å². The summed E-state index contributed by atoms with van der Waals surface area (Å²) in [5, 5.41) is 12.0. The van der Waals surface area contributed by atoms with Crippen molar-refractivity contribution in [2.75, 3.05) is 12.8 Å². The maximum Gasteiger partial charge on any atom is 0.182 e. The SMILES string of the molecule is COc1cc(N)cc(-c2nnnn2CCC2CCC2)c1. The van der Waals surface area contributed by atoms with Crippen LogP contribution in [-0.2, 0) is 6.54 Å². The molecular formula is C14H19N5O. The molecule has 0 spiro atoms. The Morgan fingerprint density at radius 2 is 2.20 bits per heavy atom. The lowest BCUT2D eigenvalue weighted by atomic mass is 9.83. The van der Waals surface area contributed by atoms with Crippen molar-refractivity contribution in [2.45, 2.75) is 32.2 Å². The predicted molar refractivity (Wildman–Crippen MR) is 76.2 cm³/mol. The molecule has 0 aliphatic heterocycles. The quantitative estimate of drug-likeness (QED) is 0.844. The Bertz CT molecular complexity index is 591. The van der Waals surface area contributed by atoms with Crippen molar-refractivity contribution < 1.29 is 4.74 Å². The zero-order chi connectivity index (χ0) is 13.9. The molecule has 6 heteroatoms. The zero-order valence-electron chi connectivity index (χ0n) is 11.6. The Kier molecular flexibility index (Phi) is 3.54. The summed E-state index contributed by atoms with van der Waals surface area (Å²) in [6, 6.07) is 5.56. The molecule has 1 saturated carbocycles. The van der Waals surface area contributed by atoms with E-state index >= 15 is 0 Å². The van der Waals surface area contributed by atoms with Gasteiger partial charge in [0.25, 0.3) is 0 Å². The van der Waals surface area contributed by atoms with Gasteiger partial charge in [-0.1, -0.05) is 19.3 Å². The van der Waals surface area contributed by atoms with Crippen LogP contribution in [-0.4, -0.2) is 27.3 Å². The maximum absolute atomic E-state index is 5.89. The van der Waals surface area contributed by atoms with Gasteiger partial charge in [-0.25, -0.2) is 4.68 Å². The van der Waals surface area contributed by atoms with Gasteiger partial charge in [0.1, 0.15) is 5.75 Å². The van der Waals surface area contributed by atoms with Gasteiger partial charge in [-0.3, -0.25) is 0 Å². The highest BCUT2D eigenvalue weighted by Gasteiger charge is 2.18. The molecule has 1 aliphatic rings. The number of tetrazole rings is 1. The summed E-state index contributed by atoms with van der Waals surface area (Å²) >= 11 is 0. The first-order chi connectivity index (χ1) is 9.76. The van der Waals surface area contributed by atoms with Gasteiger partial charge in [-0.15, -0.1) is 5.10 Å². The van der Waals surface area contributed by atoms with E-state index in [4.69, 9.17) is 10.5 Å². The molecule has 6 nitrogen and oxygen atoms in total. The van der Waals surface area contributed by atoms with Gasteiger partial charge in [-0.2, -0.15) is 0 Å². The summed E-state index contributed by atoms with van der Waals surface area (Å²) in [5.41, 5.74) is 7.42. The van der Waals surface area contributed by atoms with Gasteiger partial charge in [-0.05, 0) is 34.9 Å². The monoisotopic (exact) mass is 273 g/mol. The number of nitrogens with zero attached hydrogens (tertiary/aromatic N) is 4.